The van der Waals surface area contributed by atoms with Crippen LogP contribution in [0.2, 0.25) is 0 Å². The van der Waals surface area contributed by atoms with Crippen molar-refractivity contribution in [2.75, 3.05) is 12.4 Å². The molecule has 8 heteroatoms. The first-order valence-corrected chi connectivity index (χ1v) is 8.35. The standard InChI is InChI=1S/C20H22FN5O2/c1-13(20(2,3)27)8-9-17(24-15-10-11-23-12-14(15)21)26-19(22)16-6-5-7-18(25-16)28-4/h5-12,27H,1H2,2-4H3,(H2,22,23,24,26)/b9-8+. The van der Waals surface area contributed by atoms with Crippen LogP contribution in [0.5, 0.6) is 5.88 Å². The van der Waals surface area contributed by atoms with Crippen molar-refractivity contribution in [2.24, 2.45) is 4.99 Å². The third-order valence-electron chi connectivity index (χ3n) is 3.67. The maximum atomic E-state index is 14.0. The average Bonchev–Trinajstić information content (AvgIpc) is 2.66. The van der Waals surface area contributed by atoms with Crippen molar-refractivity contribution in [2.45, 2.75) is 19.4 Å². The lowest BCUT2D eigenvalue weighted by Gasteiger charge is -2.17. The number of aliphatic hydroxyl groups is 1. The van der Waals surface area contributed by atoms with Gasteiger partial charge in [-0.1, -0.05) is 18.7 Å². The van der Waals surface area contributed by atoms with Crippen LogP contribution in [-0.2, 0) is 0 Å². The highest BCUT2D eigenvalue weighted by Gasteiger charge is 2.15. The van der Waals surface area contributed by atoms with Crippen LogP contribution >= 0.6 is 0 Å². The van der Waals surface area contributed by atoms with Gasteiger partial charge in [0.1, 0.15) is 11.5 Å². The molecular formula is C20H22FN5O2. The quantitative estimate of drug-likeness (QED) is 0.403. The third-order valence-corrected chi connectivity index (χ3v) is 3.67. The summed E-state index contributed by atoms with van der Waals surface area (Å²) in [5.74, 6) is -0.228. The Hall–Kier alpha value is -3.39. The number of hydrogen-bond donors (Lipinski definition) is 3. The molecule has 2 rings (SSSR count). The number of nitrogens with zero attached hydrogens (tertiary/aromatic N) is 3. The molecule has 0 saturated heterocycles. The van der Waals surface area contributed by atoms with Gasteiger partial charge < -0.3 is 15.2 Å². The maximum Gasteiger partial charge on any atom is 0.213 e. The monoisotopic (exact) mass is 383 g/mol. The molecule has 0 atom stereocenters. The van der Waals surface area contributed by atoms with Gasteiger partial charge in [0, 0.05) is 12.3 Å². The highest BCUT2D eigenvalue weighted by Crippen LogP contribution is 2.16. The normalized spacial score (nSPS) is 12.1. The fourth-order valence-electron chi connectivity index (χ4n) is 1.94. The summed E-state index contributed by atoms with van der Waals surface area (Å²) in [6.07, 6.45) is 5.53. The lowest BCUT2D eigenvalue weighted by atomic mass is 10.00. The molecule has 3 N–H and O–H groups in total. The van der Waals surface area contributed by atoms with Crippen LogP contribution in [0.25, 0.3) is 0 Å². The predicted molar refractivity (Wildman–Crippen MR) is 107 cm³/mol. The van der Waals surface area contributed by atoms with Crippen LogP contribution in [0, 0.1) is 11.2 Å². The Morgan fingerprint density at radius 2 is 2.11 bits per heavy atom. The van der Waals surface area contributed by atoms with Crippen LogP contribution in [-0.4, -0.2) is 39.5 Å². The number of nitrogens with one attached hydrogen (secondary N) is 2. The molecule has 0 bridgehead atoms. The summed E-state index contributed by atoms with van der Waals surface area (Å²) >= 11 is 0. The van der Waals surface area contributed by atoms with E-state index in [0.29, 0.717) is 11.5 Å². The largest absolute Gasteiger partial charge is 0.481 e. The second-order valence-corrected chi connectivity index (χ2v) is 6.31. The van der Waals surface area contributed by atoms with Crippen molar-refractivity contribution in [1.82, 2.24) is 9.97 Å². The van der Waals surface area contributed by atoms with E-state index in [9.17, 15) is 9.50 Å². The Bertz CT molecular complexity index is 932. The smallest absolute Gasteiger partial charge is 0.213 e. The van der Waals surface area contributed by atoms with Gasteiger partial charge in [0.15, 0.2) is 11.7 Å². The Kier molecular flexibility index (Phi) is 6.73. The number of rotatable bonds is 6. The summed E-state index contributed by atoms with van der Waals surface area (Å²) in [6, 6.07) is 6.39. The van der Waals surface area contributed by atoms with Crippen LogP contribution in [0.3, 0.4) is 0 Å². The number of hydrogen-bond acceptors (Lipinski definition) is 5. The number of halogens is 1. The number of amidine groups is 2. The molecule has 2 aromatic heterocycles. The SMILES string of the molecule is C=C(/C=C/C(=N\C(=N)c1cccc(OC)n1)Nc1ccncc1F)C(C)(C)O. The van der Waals surface area contributed by atoms with Crippen molar-refractivity contribution >= 4 is 17.4 Å². The minimum absolute atomic E-state index is 0.138. The highest BCUT2D eigenvalue weighted by atomic mass is 19.1. The third kappa shape index (κ3) is 5.82. The lowest BCUT2D eigenvalue weighted by Crippen LogP contribution is -2.20. The van der Waals surface area contributed by atoms with Gasteiger partial charge in [0.05, 0.1) is 24.6 Å². The zero-order chi connectivity index (χ0) is 20.7. The van der Waals surface area contributed by atoms with Crippen LogP contribution in [0.15, 0.2) is 66.0 Å². The van der Waals surface area contributed by atoms with Gasteiger partial charge in [-0.05, 0) is 37.6 Å². The van der Waals surface area contributed by atoms with E-state index < -0.39 is 11.4 Å². The van der Waals surface area contributed by atoms with Crippen molar-refractivity contribution in [1.29, 1.82) is 5.41 Å². The molecule has 28 heavy (non-hydrogen) atoms. The average molecular weight is 383 g/mol. The number of pyridine rings is 2. The second kappa shape index (κ2) is 9.01. The Morgan fingerprint density at radius 1 is 1.36 bits per heavy atom. The Labute approximate surface area is 162 Å². The molecule has 2 aromatic rings. The summed E-state index contributed by atoms with van der Waals surface area (Å²) in [7, 11) is 1.48. The van der Waals surface area contributed by atoms with Gasteiger partial charge >= 0.3 is 0 Å². The van der Waals surface area contributed by atoms with E-state index >= 15 is 0 Å². The molecule has 0 fully saturated rings. The maximum absolute atomic E-state index is 14.0. The molecular weight excluding hydrogens is 361 g/mol. The molecule has 0 spiro atoms. The highest BCUT2D eigenvalue weighted by molar-refractivity contribution is 6.12. The first-order chi connectivity index (χ1) is 13.2. The summed E-state index contributed by atoms with van der Waals surface area (Å²) < 4.78 is 19.0. The van der Waals surface area contributed by atoms with Crippen LogP contribution < -0.4 is 10.1 Å². The summed E-state index contributed by atoms with van der Waals surface area (Å²) in [6.45, 7) is 6.98. The number of anilines is 1. The van der Waals surface area contributed by atoms with E-state index in [1.807, 2.05) is 0 Å². The molecule has 0 aliphatic heterocycles. The molecule has 2 heterocycles. The molecule has 0 radical (unpaired) electrons. The number of ether oxygens (including phenoxy) is 1. The number of aliphatic imine (C=N–C) groups is 1. The molecule has 7 nitrogen and oxygen atoms in total. The fraction of sp³-hybridized carbons (Fsp3) is 0.200. The van der Waals surface area contributed by atoms with E-state index in [-0.39, 0.29) is 23.1 Å². The summed E-state index contributed by atoms with van der Waals surface area (Å²) in [5.41, 5.74) is -0.295. The van der Waals surface area contributed by atoms with Gasteiger partial charge in [-0.15, -0.1) is 0 Å². The van der Waals surface area contributed by atoms with Gasteiger partial charge in [-0.25, -0.2) is 14.4 Å². The molecule has 0 saturated carbocycles. The Morgan fingerprint density at radius 3 is 2.75 bits per heavy atom. The first kappa shape index (κ1) is 20.9. The molecule has 0 aliphatic carbocycles. The second-order valence-electron chi connectivity index (χ2n) is 6.31. The Balaban J connectivity index is 2.37. The molecule has 0 amide bonds. The molecule has 146 valence electrons. The van der Waals surface area contributed by atoms with Crippen molar-refractivity contribution in [3.8, 4) is 5.88 Å². The summed E-state index contributed by atoms with van der Waals surface area (Å²) in [5, 5.41) is 21.0. The fourth-order valence-corrected chi connectivity index (χ4v) is 1.94. The zero-order valence-electron chi connectivity index (χ0n) is 15.9. The van der Waals surface area contributed by atoms with Crippen molar-refractivity contribution in [3.05, 3.63) is 72.5 Å². The molecule has 0 aliphatic rings. The summed E-state index contributed by atoms with van der Waals surface area (Å²) in [4.78, 5) is 12.0. The van der Waals surface area contributed by atoms with Gasteiger partial charge in [0.25, 0.3) is 0 Å². The van der Waals surface area contributed by atoms with Crippen LogP contribution in [0.4, 0.5) is 10.1 Å². The van der Waals surface area contributed by atoms with E-state index in [2.05, 4.69) is 26.9 Å². The molecule has 0 unspecified atom stereocenters. The van der Waals surface area contributed by atoms with E-state index in [0.717, 1.165) is 6.20 Å². The molecule has 0 aromatic carbocycles. The number of aromatic nitrogens is 2. The van der Waals surface area contributed by atoms with E-state index in [4.69, 9.17) is 10.1 Å². The van der Waals surface area contributed by atoms with E-state index in [1.165, 1.54) is 31.5 Å². The number of methoxy groups -OCH3 is 1. The van der Waals surface area contributed by atoms with Gasteiger partial charge in [-0.3, -0.25) is 10.4 Å². The lowest BCUT2D eigenvalue weighted by molar-refractivity contribution is 0.124. The van der Waals surface area contributed by atoms with Crippen LogP contribution in [0.1, 0.15) is 19.5 Å². The van der Waals surface area contributed by atoms with Crippen molar-refractivity contribution < 1.29 is 14.2 Å². The van der Waals surface area contributed by atoms with Gasteiger partial charge in [0.2, 0.25) is 5.88 Å². The van der Waals surface area contributed by atoms with E-state index in [1.54, 1.807) is 32.0 Å². The minimum atomic E-state index is -1.13. The minimum Gasteiger partial charge on any atom is -0.481 e. The topological polar surface area (TPSA) is 103 Å². The first-order valence-electron chi connectivity index (χ1n) is 8.35. The zero-order valence-corrected chi connectivity index (χ0v) is 15.9. The van der Waals surface area contributed by atoms with Gasteiger partial charge in [-0.2, -0.15) is 0 Å². The van der Waals surface area contributed by atoms with Crippen molar-refractivity contribution in [3.63, 3.8) is 0 Å². The predicted octanol–water partition coefficient (Wildman–Crippen LogP) is 3.34.